The number of hydrogen-bond donors (Lipinski definition) is 0. The first-order valence-electron chi connectivity index (χ1n) is 3.86. The highest BCUT2D eigenvalue weighted by Gasteiger charge is 2.02. The van der Waals surface area contributed by atoms with E-state index in [4.69, 9.17) is 4.74 Å². The molecule has 0 saturated carbocycles. The van der Waals surface area contributed by atoms with Crippen LogP contribution in [0.5, 0.6) is 0 Å². The number of aromatic nitrogens is 2. The Labute approximate surface area is 67.0 Å². The SMILES string of the molecule is CCO[C@H](C)n1cc(C)cn1. The van der Waals surface area contributed by atoms with Crippen molar-refractivity contribution in [2.75, 3.05) is 6.61 Å². The summed E-state index contributed by atoms with van der Waals surface area (Å²) >= 11 is 0. The van der Waals surface area contributed by atoms with Gasteiger partial charge in [0.1, 0.15) is 6.23 Å². The number of aryl methyl sites for hydroxylation is 1. The van der Waals surface area contributed by atoms with Crippen molar-refractivity contribution in [1.29, 1.82) is 0 Å². The molecule has 0 N–H and O–H groups in total. The second-order valence-electron chi connectivity index (χ2n) is 2.55. The van der Waals surface area contributed by atoms with Gasteiger partial charge in [-0.15, -0.1) is 0 Å². The van der Waals surface area contributed by atoms with Gasteiger partial charge < -0.3 is 4.74 Å². The highest BCUT2D eigenvalue weighted by molar-refractivity contribution is 4.99. The van der Waals surface area contributed by atoms with Gasteiger partial charge in [0, 0.05) is 12.8 Å². The van der Waals surface area contributed by atoms with Gasteiger partial charge in [-0.05, 0) is 26.3 Å². The van der Waals surface area contributed by atoms with Gasteiger partial charge in [0.15, 0.2) is 0 Å². The summed E-state index contributed by atoms with van der Waals surface area (Å²) in [6.07, 6.45) is 3.85. The number of rotatable bonds is 3. The molecule has 1 aromatic heterocycles. The van der Waals surface area contributed by atoms with E-state index >= 15 is 0 Å². The van der Waals surface area contributed by atoms with E-state index < -0.39 is 0 Å². The summed E-state index contributed by atoms with van der Waals surface area (Å²) < 4.78 is 7.16. The zero-order chi connectivity index (χ0) is 8.27. The highest BCUT2D eigenvalue weighted by atomic mass is 16.5. The molecule has 0 aliphatic rings. The predicted molar refractivity (Wildman–Crippen MR) is 43.3 cm³/mol. The average molecular weight is 154 g/mol. The van der Waals surface area contributed by atoms with Crippen LogP contribution >= 0.6 is 0 Å². The van der Waals surface area contributed by atoms with Gasteiger partial charge in [0.2, 0.25) is 0 Å². The summed E-state index contributed by atoms with van der Waals surface area (Å²) in [5, 5.41) is 4.13. The van der Waals surface area contributed by atoms with Crippen LogP contribution in [0.3, 0.4) is 0 Å². The molecule has 0 aliphatic heterocycles. The number of ether oxygens (including phenoxy) is 1. The molecule has 0 fully saturated rings. The minimum Gasteiger partial charge on any atom is -0.357 e. The molecule has 0 radical (unpaired) electrons. The van der Waals surface area contributed by atoms with E-state index in [9.17, 15) is 0 Å². The second-order valence-corrected chi connectivity index (χ2v) is 2.55. The Morgan fingerprint density at radius 2 is 2.45 bits per heavy atom. The summed E-state index contributed by atoms with van der Waals surface area (Å²) in [6.45, 7) is 6.70. The largest absolute Gasteiger partial charge is 0.357 e. The smallest absolute Gasteiger partial charge is 0.147 e. The maximum Gasteiger partial charge on any atom is 0.147 e. The lowest BCUT2D eigenvalue weighted by Crippen LogP contribution is -2.09. The molecule has 0 amide bonds. The lowest BCUT2D eigenvalue weighted by Gasteiger charge is -2.10. The highest BCUT2D eigenvalue weighted by Crippen LogP contribution is 2.06. The summed E-state index contributed by atoms with van der Waals surface area (Å²) in [5.74, 6) is 0. The van der Waals surface area contributed by atoms with Crippen molar-refractivity contribution in [1.82, 2.24) is 9.78 Å². The van der Waals surface area contributed by atoms with E-state index in [-0.39, 0.29) is 6.23 Å². The normalized spacial score (nSPS) is 13.4. The molecule has 0 spiro atoms. The maximum atomic E-state index is 5.34. The Hall–Kier alpha value is -0.830. The molecule has 1 aromatic rings. The summed E-state index contributed by atoms with van der Waals surface area (Å²) in [7, 11) is 0. The Morgan fingerprint density at radius 1 is 1.73 bits per heavy atom. The fraction of sp³-hybridized carbons (Fsp3) is 0.625. The van der Waals surface area contributed by atoms with Crippen LogP contribution in [0.25, 0.3) is 0 Å². The minimum absolute atomic E-state index is 0.0497. The molecule has 3 nitrogen and oxygen atoms in total. The van der Waals surface area contributed by atoms with E-state index in [0.29, 0.717) is 0 Å². The standard InChI is InChI=1S/C8H14N2O/c1-4-11-8(3)10-6-7(2)5-9-10/h5-6,8H,4H2,1-3H3/t8-/m1/s1. The van der Waals surface area contributed by atoms with E-state index in [0.717, 1.165) is 12.2 Å². The molecule has 62 valence electrons. The fourth-order valence-electron chi connectivity index (χ4n) is 0.949. The molecule has 0 aromatic carbocycles. The van der Waals surface area contributed by atoms with Crippen LogP contribution in [0.2, 0.25) is 0 Å². The van der Waals surface area contributed by atoms with Gasteiger partial charge >= 0.3 is 0 Å². The molecule has 1 rings (SSSR count). The monoisotopic (exact) mass is 154 g/mol. The van der Waals surface area contributed by atoms with Crippen LogP contribution < -0.4 is 0 Å². The molecule has 11 heavy (non-hydrogen) atoms. The van der Waals surface area contributed by atoms with Crippen LogP contribution in [0.4, 0.5) is 0 Å². The molecule has 0 unspecified atom stereocenters. The average Bonchev–Trinajstić information content (AvgIpc) is 2.36. The van der Waals surface area contributed by atoms with Crippen molar-refractivity contribution in [3.05, 3.63) is 18.0 Å². The first-order chi connectivity index (χ1) is 5.24. The van der Waals surface area contributed by atoms with Crippen LogP contribution in [-0.2, 0) is 4.74 Å². The quantitative estimate of drug-likeness (QED) is 0.663. The Kier molecular flexibility index (Phi) is 2.65. The zero-order valence-electron chi connectivity index (χ0n) is 7.24. The predicted octanol–water partition coefficient (Wildman–Crippen LogP) is 1.75. The van der Waals surface area contributed by atoms with Crippen molar-refractivity contribution in [3.63, 3.8) is 0 Å². The third-order valence-corrected chi connectivity index (χ3v) is 1.51. The molecular formula is C8H14N2O. The van der Waals surface area contributed by atoms with Crippen LogP contribution in [-0.4, -0.2) is 16.4 Å². The van der Waals surface area contributed by atoms with E-state index in [1.54, 1.807) is 0 Å². The topological polar surface area (TPSA) is 27.1 Å². The van der Waals surface area contributed by atoms with Crippen molar-refractivity contribution in [2.24, 2.45) is 0 Å². The van der Waals surface area contributed by atoms with Gasteiger partial charge in [0.25, 0.3) is 0 Å². The summed E-state index contributed by atoms with van der Waals surface area (Å²) in [4.78, 5) is 0. The van der Waals surface area contributed by atoms with Crippen LogP contribution in [0.1, 0.15) is 25.6 Å². The van der Waals surface area contributed by atoms with Crippen molar-refractivity contribution in [3.8, 4) is 0 Å². The minimum atomic E-state index is 0.0497. The van der Waals surface area contributed by atoms with Gasteiger partial charge in [-0.3, -0.25) is 0 Å². The van der Waals surface area contributed by atoms with Gasteiger partial charge in [-0.2, -0.15) is 5.10 Å². The van der Waals surface area contributed by atoms with Gasteiger partial charge in [-0.1, -0.05) is 0 Å². The lowest BCUT2D eigenvalue weighted by molar-refractivity contribution is 0.0159. The summed E-state index contributed by atoms with van der Waals surface area (Å²) in [5.41, 5.74) is 1.16. The summed E-state index contributed by atoms with van der Waals surface area (Å²) in [6, 6.07) is 0. The first kappa shape index (κ1) is 8.27. The molecule has 1 heterocycles. The fourth-order valence-corrected chi connectivity index (χ4v) is 0.949. The molecule has 3 heteroatoms. The molecule has 0 saturated heterocycles. The van der Waals surface area contributed by atoms with Crippen molar-refractivity contribution < 1.29 is 4.74 Å². The zero-order valence-corrected chi connectivity index (χ0v) is 7.24. The van der Waals surface area contributed by atoms with Gasteiger partial charge in [-0.25, -0.2) is 4.68 Å². The Balaban J connectivity index is 2.60. The van der Waals surface area contributed by atoms with Crippen molar-refractivity contribution in [2.45, 2.75) is 27.0 Å². The third-order valence-electron chi connectivity index (χ3n) is 1.51. The Morgan fingerprint density at radius 3 is 2.91 bits per heavy atom. The van der Waals surface area contributed by atoms with E-state index in [1.165, 1.54) is 0 Å². The molecule has 0 aliphatic carbocycles. The molecule has 1 atom stereocenters. The van der Waals surface area contributed by atoms with E-state index in [2.05, 4.69) is 5.10 Å². The molecule has 0 bridgehead atoms. The maximum absolute atomic E-state index is 5.34. The molecular weight excluding hydrogens is 140 g/mol. The van der Waals surface area contributed by atoms with Crippen molar-refractivity contribution >= 4 is 0 Å². The van der Waals surface area contributed by atoms with Crippen LogP contribution in [0.15, 0.2) is 12.4 Å². The second kappa shape index (κ2) is 3.53. The van der Waals surface area contributed by atoms with E-state index in [1.807, 2.05) is 37.8 Å². The lowest BCUT2D eigenvalue weighted by atomic mass is 10.4. The third kappa shape index (κ3) is 2.05. The number of hydrogen-bond acceptors (Lipinski definition) is 2. The van der Waals surface area contributed by atoms with Crippen LogP contribution in [0, 0.1) is 6.92 Å². The van der Waals surface area contributed by atoms with Gasteiger partial charge in [0.05, 0.1) is 6.20 Å². The first-order valence-corrected chi connectivity index (χ1v) is 3.86. The Bertz CT molecular complexity index is 220. The number of nitrogens with zero attached hydrogens (tertiary/aromatic N) is 2.